The Morgan fingerprint density at radius 2 is 2.09 bits per heavy atom. The minimum Gasteiger partial charge on any atom is -0.396 e. The molecule has 11 heavy (non-hydrogen) atoms. The summed E-state index contributed by atoms with van der Waals surface area (Å²) in [4.78, 5) is 0. The first-order chi connectivity index (χ1) is 5.42. The van der Waals surface area contributed by atoms with Crippen molar-refractivity contribution < 1.29 is 9.84 Å². The minimum absolute atomic E-state index is 0.334. The van der Waals surface area contributed by atoms with Crippen molar-refractivity contribution in [3.05, 3.63) is 0 Å². The van der Waals surface area contributed by atoms with Crippen LogP contribution in [0.25, 0.3) is 0 Å². The molecule has 0 radical (unpaired) electrons. The third kappa shape index (κ3) is 1.57. The van der Waals surface area contributed by atoms with Gasteiger partial charge in [0.05, 0.1) is 6.10 Å². The van der Waals surface area contributed by atoms with Crippen LogP contribution in [-0.2, 0) is 4.74 Å². The zero-order valence-corrected chi connectivity index (χ0v) is 6.83. The fourth-order valence-electron chi connectivity index (χ4n) is 1.99. The van der Waals surface area contributed by atoms with E-state index in [1.165, 1.54) is 19.3 Å². The summed E-state index contributed by atoms with van der Waals surface area (Å²) in [5, 5.41) is 8.83. The van der Waals surface area contributed by atoms with Gasteiger partial charge in [0.2, 0.25) is 0 Å². The number of rotatable bonds is 4. The van der Waals surface area contributed by atoms with E-state index in [-0.39, 0.29) is 0 Å². The molecular weight excluding hydrogens is 140 g/mol. The van der Waals surface area contributed by atoms with Gasteiger partial charge in [-0.25, -0.2) is 0 Å². The molecule has 1 heterocycles. The van der Waals surface area contributed by atoms with E-state index < -0.39 is 0 Å². The quantitative estimate of drug-likeness (QED) is 0.662. The van der Waals surface area contributed by atoms with Crippen molar-refractivity contribution in [1.29, 1.82) is 0 Å². The van der Waals surface area contributed by atoms with Gasteiger partial charge in [0.1, 0.15) is 0 Å². The van der Waals surface area contributed by atoms with E-state index in [4.69, 9.17) is 9.84 Å². The zero-order valence-electron chi connectivity index (χ0n) is 6.83. The smallest absolute Gasteiger partial charge is 0.0628 e. The second-order valence-corrected chi connectivity index (χ2v) is 3.71. The lowest BCUT2D eigenvalue weighted by molar-refractivity contribution is -0.0941. The van der Waals surface area contributed by atoms with Crippen LogP contribution in [0.15, 0.2) is 0 Å². The van der Waals surface area contributed by atoms with E-state index in [1.54, 1.807) is 0 Å². The van der Waals surface area contributed by atoms with E-state index >= 15 is 0 Å². The first kappa shape index (κ1) is 7.56. The van der Waals surface area contributed by atoms with Gasteiger partial charge in [-0.1, -0.05) is 0 Å². The van der Waals surface area contributed by atoms with Gasteiger partial charge in [0.15, 0.2) is 0 Å². The Balaban J connectivity index is 1.81. The Morgan fingerprint density at radius 1 is 1.36 bits per heavy atom. The Morgan fingerprint density at radius 3 is 2.45 bits per heavy atom. The Kier molecular flexibility index (Phi) is 2.14. The molecule has 2 rings (SSSR count). The minimum atomic E-state index is 0.334. The summed E-state index contributed by atoms with van der Waals surface area (Å²) < 4.78 is 5.44. The van der Waals surface area contributed by atoms with Gasteiger partial charge in [-0.2, -0.15) is 0 Å². The Labute approximate surface area is 67.6 Å². The summed E-state index contributed by atoms with van der Waals surface area (Å²) in [5.41, 5.74) is 0. The SMILES string of the molecule is OCCC(C1CC1)C1CCO1. The van der Waals surface area contributed by atoms with Crippen molar-refractivity contribution >= 4 is 0 Å². The Bertz CT molecular complexity index is 128. The molecule has 1 saturated heterocycles. The van der Waals surface area contributed by atoms with Gasteiger partial charge in [0, 0.05) is 13.2 Å². The van der Waals surface area contributed by atoms with Crippen molar-refractivity contribution in [3.8, 4) is 0 Å². The molecular formula is C9H16O2. The average Bonchev–Trinajstić information content (AvgIpc) is 2.63. The van der Waals surface area contributed by atoms with Crippen LogP contribution in [0.4, 0.5) is 0 Å². The fourth-order valence-corrected chi connectivity index (χ4v) is 1.99. The second-order valence-electron chi connectivity index (χ2n) is 3.71. The number of hydrogen-bond donors (Lipinski definition) is 1. The van der Waals surface area contributed by atoms with E-state index in [9.17, 15) is 0 Å². The third-order valence-electron chi connectivity index (χ3n) is 2.90. The molecule has 2 aliphatic rings. The predicted molar refractivity (Wildman–Crippen MR) is 42.3 cm³/mol. The molecule has 2 atom stereocenters. The molecule has 0 aromatic carbocycles. The molecule has 1 aliphatic heterocycles. The van der Waals surface area contributed by atoms with Crippen molar-refractivity contribution in [2.24, 2.45) is 11.8 Å². The van der Waals surface area contributed by atoms with E-state index in [0.29, 0.717) is 18.6 Å². The molecule has 2 unspecified atom stereocenters. The highest BCUT2D eigenvalue weighted by Crippen LogP contribution is 2.43. The molecule has 0 aromatic heterocycles. The van der Waals surface area contributed by atoms with Crippen LogP contribution < -0.4 is 0 Å². The molecule has 2 nitrogen and oxygen atoms in total. The molecule has 2 fully saturated rings. The van der Waals surface area contributed by atoms with Crippen LogP contribution in [0, 0.1) is 11.8 Å². The fraction of sp³-hybridized carbons (Fsp3) is 1.00. The summed E-state index contributed by atoms with van der Waals surface area (Å²) in [6.45, 7) is 1.28. The van der Waals surface area contributed by atoms with E-state index in [1.807, 2.05) is 0 Å². The van der Waals surface area contributed by atoms with Crippen LogP contribution >= 0.6 is 0 Å². The summed E-state index contributed by atoms with van der Waals surface area (Å²) in [6.07, 6.45) is 5.40. The number of ether oxygens (including phenoxy) is 1. The average molecular weight is 156 g/mol. The third-order valence-corrected chi connectivity index (χ3v) is 2.90. The molecule has 0 aromatic rings. The standard InChI is InChI=1S/C9H16O2/c10-5-3-8(7-1-2-7)9-4-6-11-9/h7-10H,1-6H2. The molecule has 0 bridgehead atoms. The van der Waals surface area contributed by atoms with Gasteiger partial charge in [-0.3, -0.25) is 0 Å². The summed E-state index contributed by atoms with van der Waals surface area (Å²) in [7, 11) is 0. The highest BCUT2D eigenvalue weighted by Gasteiger charge is 2.39. The Hall–Kier alpha value is -0.0800. The maximum absolute atomic E-state index is 8.83. The largest absolute Gasteiger partial charge is 0.396 e. The topological polar surface area (TPSA) is 29.5 Å². The van der Waals surface area contributed by atoms with E-state index in [0.717, 1.165) is 18.9 Å². The predicted octanol–water partition coefficient (Wildman–Crippen LogP) is 1.18. The van der Waals surface area contributed by atoms with Crippen molar-refractivity contribution in [2.75, 3.05) is 13.2 Å². The normalized spacial score (nSPS) is 33.0. The zero-order chi connectivity index (χ0) is 7.68. The maximum Gasteiger partial charge on any atom is 0.0628 e. The molecule has 1 N–H and O–H groups in total. The van der Waals surface area contributed by atoms with E-state index in [2.05, 4.69) is 0 Å². The van der Waals surface area contributed by atoms with Gasteiger partial charge in [-0.05, 0) is 37.5 Å². The molecule has 0 amide bonds. The van der Waals surface area contributed by atoms with Gasteiger partial charge < -0.3 is 9.84 Å². The number of aliphatic hydroxyl groups excluding tert-OH is 1. The highest BCUT2D eigenvalue weighted by molar-refractivity contribution is 4.88. The summed E-state index contributed by atoms with van der Waals surface area (Å²) in [5.74, 6) is 1.56. The molecule has 0 spiro atoms. The first-order valence-electron chi connectivity index (χ1n) is 4.64. The van der Waals surface area contributed by atoms with Crippen LogP contribution in [0.5, 0.6) is 0 Å². The first-order valence-corrected chi connectivity index (χ1v) is 4.64. The summed E-state index contributed by atoms with van der Waals surface area (Å²) in [6, 6.07) is 0. The van der Waals surface area contributed by atoms with Crippen molar-refractivity contribution in [3.63, 3.8) is 0 Å². The molecule has 2 heteroatoms. The second kappa shape index (κ2) is 3.11. The van der Waals surface area contributed by atoms with Crippen LogP contribution in [-0.4, -0.2) is 24.4 Å². The van der Waals surface area contributed by atoms with Crippen LogP contribution in [0.2, 0.25) is 0 Å². The highest BCUT2D eigenvalue weighted by atomic mass is 16.5. The van der Waals surface area contributed by atoms with Gasteiger partial charge in [-0.15, -0.1) is 0 Å². The maximum atomic E-state index is 8.83. The lowest BCUT2D eigenvalue weighted by Gasteiger charge is -2.34. The number of hydrogen-bond acceptors (Lipinski definition) is 2. The lowest BCUT2D eigenvalue weighted by Crippen LogP contribution is -2.36. The summed E-state index contributed by atoms with van der Waals surface area (Å²) >= 11 is 0. The van der Waals surface area contributed by atoms with Gasteiger partial charge in [0.25, 0.3) is 0 Å². The monoisotopic (exact) mass is 156 g/mol. The molecule has 64 valence electrons. The van der Waals surface area contributed by atoms with Crippen LogP contribution in [0.1, 0.15) is 25.7 Å². The van der Waals surface area contributed by atoms with Crippen molar-refractivity contribution in [2.45, 2.75) is 31.8 Å². The van der Waals surface area contributed by atoms with Crippen molar-refractivity contribution in [1.82, 2.24) is 0 Å². The number of aliphatic hydroxyl groups is 1. The lowest BCUT2D eigenvalue weighted by atomic mass is 9.89. The van der Waals surface area contributed by atoms with Gasteiger partial charge >= 0.3 is 0 Å². The van der Waals surface area contributed by atoms with Crippen LogP contribution in [0.3, 0.4) is 0 Å². The molecule has 1 aliphatic carbocycles. The molecule has 1 saturated carbocycles.